The van der Waals surface area contributed by atoms with Gasteiger partial charge in [-0.1, -0.05) is 6.08 Å². The Kier molecular flexibility index (Phi) is 9.96. The maximum Gasteiger partial charge on any atom is 0.102 e. The van der Waals surface area contributed by atoms with Crippen molar-refractivity contribution in [1.82, 2.24) is 29.4 Å². The summed E-state index contributed by atoms with van der Waals surface area (Å²) in [5.41, 5.74) is 0. The minimum absolute atomic E-state index is 0. The Bertz CT molecular complexity index is 647. The summed E-state index contributed by atoms with van der Waals surface area (Å²) in [5, 5.41) is 0. The normalized spacial score (nSPS) is 16.4. The number of terminal acetylenes is 1. The van der Waals surface area contributed by atoms with Gasteiger partial charge in [-0.25, -0.2) is 0 Å². The van der Waals surface area contributed by atoms with Crippen LogP contribution in [0.3, 0.4) is 0 Å². The molecule has 0 saturated heterocycles. The van der Waals surface area contributed by atoms with E-state index in [2.05, 4.69) is 89.9 Å². The number of nitrogens with zero attached hydrogens (tertiary/aromatic N) is 6. The van der Waals surface area contributed by atoms with Gasteiger partial charge in [-0.2, -0.15) is 0 Å². The van der Waals surface area contributed by atoms with Crippen LogP contribution in [0.15, 0.2) is 49.9 Å². The zero-order valence-corrected chi connectivity index (χ0v) is 17.0. The molecule has 0 aromatic carbocycles. The Labute approximate surface area is 169 Å². The highest BCUT2D eigenvalue weighted by molar-refractivity contribution is 5.22. The lowest BCUT2D eigenvalue weighted by Crippen LogP contribution is -2.21. The van der Waals surface area contributed by atoms with Crippen LogP contribution in [0.4, 0.5) is 0 Å². The first-order valence-corrected chi connectivity index (χ1v) is 8.96. The Balaban J connectivity index is -0.000000349. The van der Waals surface area contributed by atoms with E-state index in [4.69, 9.17) is 6.42 Å². The van der Waals surface area contributed by atoms with Crippen LogP contribution in [-0.4, -0.2) is 83.6 Å². The standard InChI is InChI=1S/C8H8N2.C7H12N2.C6H12N2.3H2/c1-3-4-5-10-7-6-9(2)8-10;1-3-4-9-6-5-8(2)7-9;1-3-8-5-4-7(2)6-8;;;/h1,6-7H,8H2,2H3;3,5-6H,1,4,7H2,2H3;4-5H,3,6H2,1-2H3;3*1H. The molecule has 3 aliphatic rings. The average molecular weight is 375 g/mol. The minimum Gasteiger partial charge on any atom is -0.362 e. The summed E-state index contributed by atoms with van der Waals surface area (Å²) >= 11 is 0. The van der Waals surface area contributed by atoms with Crippen molar-refractivity contribution in [3.05, 3.63) is 49.9 Å². The molecule has 3 heterocycles. The smallest absolute Gasteiger partial charge is 0.102 e. The van der Waals surface area contributed by atoms with Crippen molar-refractivity contribution >= 4 is 0 Å². The predicted octanol–water partition coefficient (Wildman–Crippen LogP) is 2.53. The Morgan fingerprint density at radius 1 is 0.926 bits per heavy atom. The number of hydrogen-bond donors (Lipinski definition) is 0. The van der Waals surface area contributed by atoms with E-state index in [9.17, 15) is 0 Å². The monoisotopic (exact) mass is 374 g/mol. The van der Waals surface area contributed by atoms with Gasteiger partial charge in [0.1, 0.15) is 6.67 Å². The molecule has 0 radical (unpaired) electrons. The largest absolute Gasteiger partial charge is 0.362 e. The van der Waals surface area contributed by atoms with Crippen molar-refractivity contribution in [2.75, 3.05) is 54.2 Å². The minimum atomic E-state index is 0. The van der Waals surface area contributed by atoms with Crippen molar-refractivity contribution in [2.24, 2.45) is 0 Å². The Hall–Kier alpha value is -3.12. The fraction of sp³-hybridized carbons (Fsp3) is 0.429. The third-order valence-corrected chi connectivity index (χ3v) is 3.79. The van der Waals surface area contributed by atoms with Gasteiger partial charge in [-0.05, 0) is 12.8 Å². The van der Waals surface area contributed by atoms with Crippen LogP contribution in [0.2, 0.25) is 0 Å². The highest BCUT2D eigenvalue weighted by Gasteiger charge is 2.05. The summed E-state index contributed by atoms with van der Waals surface area (Å²) in [7, 11) is 6.11. The van der Waals surface area contributed by atoms with Crippen LogP contribution in [0, 0.1) is 24.3 Å². The van der Waals surface area contributed by atoms with E-state index in [0.717, 1.165) is 33.1 Å². The maximum atomic E-state index is 4.95. The first-order chi connectivity index (χ1) is 13.0. The third kappa shape index (κ3) is 9.23. The second kappa shape index (κ2) is 12.3. The quantitative estimate of drug-likeness (QED) is 0.555. The first kappa shape index (κ1) is 21.9. The van der Waals surface area contributed by atoms with Crippen molar-refractivity contribution in [3.63, 3.8) is 0 Å². The van der Waals surface area contributed by atoms with E-state index in [1.165, 1.54) is 0 Å². The van der Waals surface area contributed by atoms with Crippen molar-refractivity contribution in [2.45, 2.75) is 6.92 Å². The Morgan fingerprint density at radius 3 is 1.85 bits per heavy atom. The van der Waals surface area contributed by atoms with Gasteiger partial charge < -0.3 is 24.5 Å². The molecule has 3 aliphatic heterocycles. The summed E-state index contributed by atoms with van der Waals surface area (Å²) in [6, 6.07) is 2.78. The van der Waals surface area contributed by atoms with Gasteiger partial charge in [-0.15, -0.1) is 13.0 Å². The zero-order chi connectivity index (χ0) is 20.1. The molecule has 152 valence electrons. The highest BCUT2D eigenvalue weighted by Crippen LogP contribution is 2.02. The van der Waals surface area contributed by atoms with E-state index >= 15 is 0 Å². The van der Waals surface area contributed by atoms with Crippen molar-refractivity contribution in [3.8, 4) is 24.3 Å². The third-order valence-electron chi connectivity index (χ3n) is 3.79. The molecule has 0 aromatic heterocycles. The predicted molar refractivity (Wildman–Crippen MR) is 119 cm³/mol. The Morgan fingerprint density at radius 2 is 1.48 bits per heavy atom. The zero-order valence-electron chi connectivity index (χ0n) is 17.0. The van der Waals surface area contributed by atoms with Gasteiger partial charge in [-0.3, -0.25) is 4.90 Å². The first-order valence-electron chi connectivity index (χ1n) is 8.96. The average Bonchev–Trinajstić information content (AvgIpc) is 3.37. The van der Waals surface area contributed by atoms with Crippen LogP contribution in [0.25, 0.3) is 0 Å². The summed E-state index contributed by atoms with van der Waals surface area (Å²) in [6.45, 7) is 10.7. The molecule has 0 amide bonds. The van der Waals surface area contributed by atoms with E-state index in [0.29, 0.717) is 0 Å². The van der Waals surface area contributed by atoms with E-state index in [1.54, 1.807) is 0 Å². The van der Waals surface area contributed by atoms with E-state index in [1.807, 2.05) is 35.3 Å². The van der Waals surface area contributed by atoms with E-state index in [-0.39, 0.29) is 4.28 Å². The molecule has 0 aromatic rings. The van der Waals surface area contributed by atoms with Crippen LogP contribution < -0.4 is 0 Å². The highest BCUT2D eigenvalue weighted by atomic mass is 15.3. The molecule has 0 unspecified atom stereocenters. The molecular formula is C21H38N6. The molecular weight excluding hydrogens is 336 g/mol. The lowest BCUT2D eigenvalue weighted by molar-refractivity contribution is 0.308. The van der Waals surface area contributed by atoms with Gasteiger partial charge in [0.2, 0.25) is 0 Å². The molecule has 27 heavy (non-hydrogen) atoms. The molecule has 0 saturated carbocycles. The molecule has 6 nitrogen and oxygen atoms in total. The number of hydrogen-bond acceptors (Lipinski definition) is 6. The molecule has 3 rings (SSSR count). The van der Waals surface area contributed by atoms with E-state index < -0.39 is 0 Å². The van der Waals surface area contributed by atoms with Gasteiger partial charge in [0.25, 0.3) is 0 Å². The van der Waals surface area contributed by atoms with Crippen LogP contribution >= 0.6 is 0 Å². The molecule has 0 aliphatic carbocycles. The second-order valence-electron chi connectivity index (χ2n) is 6.41. The fourth-order valence-electron chi connectivity index (χ4n) is 2.37. The second-order valence-corrected chi connectivity index (χ2v) is 6.41. The van der Waals surface area contributed by atoms with Crippen LogP contribution in [0.1, 0.15) is 11.2 Å². The van der Waals surface area contributed by atoms with Crippen LogP contribution in [0.5, 0.6) is 0 Å². The fourth-order valence-corrected chi connectivity index (χ4v) is 2.37. The lowest BCUT2D eigenvalue weighted by atomic mass is 10.6. The molecule has 0 spiro atoms. The van der Waals surface area contributed by atoms with Gasteiger partial charge in [0, 0.05) is 87.7 Å². The molecule has 0 N–H and O–H groups in total. The maximum absolute atomic E-state index is 4.95. The molecule has 0 bridgehead atoms. The van der Waals surface area contributed by atoms with Crippen LogP contribution in [-0.2, 0) is 0 Å². The molecule has 6 heteroatoms. The van der Waals surface area contributed by atoms with Gasteiger partial charge in [0.05, 0.1) is 13.3 Å². The molecule has 0 fully saturated rings. The number of rotatable bonds is 3. The summed E-state index contributed by atoms with van der Waals surface area (Å²) in [5.74, 6) is 4.79. The van der Waals surface area contributed by atoms with Crippen molar-refractivity contribution in [1.29, 1.82) is 0 Å². The topological polar surface area (TPSA) is 19.4 Å². The molecule has 0 atom stereocenters. The summed E-state index contributed by atoms with van der Waals surface area (Å²) in [4.78, 5) is 12.6. The lowest BCUT2D eigenvalue weighted by Gasteiger charge is -2.15. The van der Waals surface area contributed by atoms with Gasteiger partial charge >= 0.3 is 0 Å². The van der Waals surface area contributed by atoms with Crippen molar-refractivity contribution < 1.29 is 4.28 Å². The SMILES string of the molecule is C#CC#CN1C=CN(C)C1.C=CCN1C=CN(C)C1.CCN1C=CN(C)C1.[HH].[HH].[HH]. The summed E-state index contributed by atoms with van der Waals surface area (Å²) in [6.07, 6.45) is 19.0. The summed E-state index contributed by atoms with van der Waals surface area (Å²) < 4.78 is 0. The van der Waals surface area contributed by atoms with Gasteiger partial charge in [0.15, 0.2) is 0 Å².